The summed E-state index contributed by atoms with van der Waals surface area (Å²) in [7, 11) is 0. The summed E-state index contributed by atoms with van der Waals surface area (Å²) < 4.78 is 2.08. The van der Waals surface area contributed by atoms with E-state index in [-0.39, 0.29) is 11.0 Å². The molecule has 0 bridgehead atoms. The molecule has 112 valence electrons. The topological polar surface area (TPSA) is 22.0 Å². The number of aromatic nitrogens is 1. The first-order chi connectivity index (χ1) is 9.65. The Morgan fingerprint density at radius 2 is 1.90 bits per heavy atom. The Balaban J connectivity index is 2.36. The molecule has 1 aliphatic carbocycles. The van der Waals surface area contributed by atoms with Gasteiger partial charge in [-0.05, 0) is 43.1 Å². The lowest BCUT2D eigenvalue weighted by molar-refractivity contribution is 0.228. The van der Waals surface area contributed by atoms with Gasteiger partial charge in [-0.25, -0.2) is 0 Å². The zero-order chi connectivity index (χ0) is 14.6. The van der Waals surface area contributed by atoms with Crippen molar-refractivity contribution in [2.75, 3.05) is 5.33 Å². The van der Waals surface area contributed by atoms with Gasteiger partial charge in [0.1, 0.15) is 0 Å². The standard InChI is InChI=1S/C17H26BrNO/c1-3-10-17(12-18,11-4-2)13-19-15-7-5-6-14(15)8-9-16(19)20/h8-9H,3-7,10-13H2,1-2H3. The molecule has 1 aliphatic rings. The third-order valence-electron chi connectivity index (χ3n) is 4.59. The van der Waals surface area contributed by atoms with Crippen molar-refractivity contribution in [3.63, 3.8) is 0 Å². The van der Waals surface area contributed by atoms with Gasteiger partial charge < -0.3 is 4.57 Å². The van der Waals surface area contributed by atoms with E-state index in [9.17, 15) is 4.79 Å². The summed E-state index contributed by atoms with van der Waals surface area (Å²) in [5.74, 6) is 0. The highest BCUT2D eigenvalue weighted by Gasteiger charge is 2.29. The zero-order valence-corrected chi connectivity index (χ0v) is 14.3. The van der Waals surface area contributed by atoms with Gasteiger partial charge in [-0.3, -0.25) is 4.79 Å². The molecular weight excluding hydrogens is 314 g/mol. The van der Waals surface area contributed by atoms with Crippen molar-refractivity contribution in [2.24, 2.45) is 5.41 Å². The second-order valence-electron chi connectivity index (χ2n) is 6.22. The molecule has 0 saturated carbocycles. The van der Waals surface area contributed by atoms with Gasteiger partial charge in [0, 0.05) is 23.6 Å². The smallest absolute Gasteiger partial charge is 0.250 e. The second kappa shape index (κ2) is 6.93. The number of fused-ring (bicyclic) bond motifs is 1. The van der Waals surface area contributed by atoms with Gasteiger partial charge in [-0.15, -0.1) is 0 Å². The first-order valence-electron chi connectivity index (χ1n) is 7.93. The van der Waals surface area contributed by atoms with Crippen LogP contribution in [0.3, 0.4) is 0 Å². The molecule has 0 aliphatic heterocycles. The van der Waals surface area contributed by atoms with Gasteiger partial charge in [0.25, 0.3) is 5.56 Å². The van der Waals surface area contributed by atoms with E-state index in [4.69, 9.17) is 0 Å². The molecule has 0 saturated heterocycles. The van der Waals surface area contributed by atoms with Gasteiger partial charge in [-0.2, -0.15) is 0 Å². The highest BCUT2D eigenvalue weighted by Crippen LogP contribution is 2.35. The van der Waals surface area contributed by atoms with Crippen molar-refractivity contribution in [3.05, 3.63) is 33.7 Å². The van der Waals surface area contributed by atoms with E-state index < -0.39 is 0 Å². The maximum Gasteiger partial charge on any atom is 0.250 e. The maximum absolute atomic E-state index is 12.3. The van der Waals surface area contributed by atoms with Crippen molar-refractivity contribution in [1.82, 2.24) is 4.57 Å². The number of nitrogens with zero attached hydrogens (tertiary/aromatic N) is 1. The quantitative estimate of drug-likeness (QED) is 0.678. The highest BCUT2D eigenvalue weighted by molar-refractivity contribution is 9.09. The van der Waals surface area contributed by atoms with Gasteiger partial charge >= 0.3 is 0 Å². The van der Waals surface area contributed by atoms with Crippen molar-refractivity contribution >= 4 is 15.9 Å². The molecule has 0 fully saturated rings. The molecular formula is C17H26BrNO. The summed E-state index contributed by atoms with van der Waals surface area (Å²) in [4.78, 5) is 12.3. The van der Waals surface area contributed by atoms with Crippen molar-refractivity contribution in [1.29, 1.82) is 0 Å². The molecule has 0 unspecified atom stereocenters. The normalized spacial score (nSPS) is 14.6. The molecule has 2 rings (SSSR count). The molecule has 2 nitrogen and oxygen atoms in total. The maximum atomic E-state index is 12.3. The molecule has 3 heteroatoms. The lowest BCUT2D eigenvalue weighted by atomic mass is 9.81. The van der Waals surface area contributed by atoms with E-state index >= 15 is 0 Å². The van der Waals surface area contributed by atoms with Gasteiger partial charge in [0.05, 0.1) is 0 Å². The number of hydrogen-bond acceptors (Lipinski definition) is 1. The van der Waals surface area contributed by atoms with Crippen LogP contribution in [0.1, 0.15) is 57.2 Å². The molecule has 0 atom stereocenters. The molecule has 20 heavy (non-hydrogen) atoms. The van der Waals surface area contributed by atoms with Gasteiger partial charge in [0.15, 0.2) is 0 Å². The summed E-state index contributed by atoms with van der Waals surface area (Å²) in [6.45, 7) is 5.36. The van der Waals surface area contributed by atoms with E-state index in [2.05, 4.69) is 34.3 Å². The number of hydrogen-bond donors (Lipinski definition) is 0. The minimum Gasteiger partial charge on any atom is -0.312 e. The van der Waals surface area contributed by atoms with Crippen LogP contribution in [0.2, 0.25) is 0 Å². The Labute approximate surface area is 130 Å². The van der Waals surface area contributed by atoms with Crippen LogP contribution >= 0.6 is 15.9 Å². The molecule has 0 spiro atoms. The fourth-order valence-electron chi connectivity index (χ4n) is 3.66. The molecule has 1 aromatic heterocycles. The van der Waals surface area contributed by atoms with Crippen LogP contribution in [0.25, 0.3) is 0 Å². The van der Waals surface area contributed by atoms with Crippen LogP contribution in [-0.4, -0.2) is 9.90 Å². The Kier molecular flexibility index (Phi) is 5.48. The van der Waals surface area contributed by atoms with E-state index in [1.807, 2.05) is 6.07 Å². The van der Waals surface area contributed by atoms with Gasteiger partial charge in [-0.1, -0.05) is 48.7 Å². The Bertz CT molecular complexity index is 500. The van der Waals surface area contributed by atoms with Gasteiger partial charge in [0.2, 0.25) is 0 Å². The molecule has 0 amide bonds. The predicted molar refractivity (Wildman–Crippen MR) is 88.8 cm³/mol. The number of halogens is 1. The number of aryl methyl sites for hydroxylation is 1. The average Bonchev–Trinajstić information content (AvgIpc) is 2.91. The van der Waals surface area contributed by atoms with Crippen molar-refractivity contribution < 1.29 is 0 Å². The lowest BCUT2D eigenvalue weighted by Crippen LogP contribution is -2.35. The highest BCUT2D eigenvalue weighted by atomic mass is 79.9. The van der Waals surface area contributed by atoms with Crippen molar-refractivity contribution in [2.45, 2.75) is 65.3 Å². The third kappa shape index (κ3) is 3.19. The largest absolute Gasteiger partial charge is 0.312 e. The van der Waals surface area contributed by atoms with Crippen LogP contribution in [0.15, 0.2) is 16.9 Å². The molecule has 0 aromatic carbocycles. The zero-order valence-electron chi connectivity index (χ0n) is 12.8. The summed E-state index contributed by atoms with van der Waals surface area (Å²) in [6.07, 6.45) is 8.12. The third-order valence-corrected chi connectivity index (χ3v) is 5.78. The van der Waals surface area contributed by atoms with E-state index in [0.717, 1.165) is 24.7 Å². The predicted octanol–water partition coefficient (Wildman–Crippen LogP) is 4.32. The second-order valence-corrected chi connectivity index (χ2v) is 6.78. The number of rotatable bonds is 7. The number of pyridine rings is 1. The molecule has 1 heterocycles. The summed E-state index contributed by atoms with van der Waals surface area (Å²) in [6, 6.07) is 3.80. The monoisotopic (exact) mass is 339 g/mol. The minimum absolute atomic E-state index is 0.184. The first kappa shape index (κ1) is 15.8. The Morgan fingerprint density at radius 3 is 2.50 bits per heavy atom. The van der Waals surface area contributed by atoms with Crippen LogP contribution in [-0.2, 0) is 19.4 Å². The number of alkyl halides is 1. The van der Waals surface area contributed by atoms with Crippen molar-refractivity contribution in [3.8, 4) is 0 Å². The van der Waals surface area contributed by atoms with Crippen LogP contribution in [0, 0.1) is 5.41 Å². The SMILES string of the molecule is CCCC(CBr)(CCC)Cn1c2c(ccc1=O)CCC2. The Hall–Kier alpha value is -0.570. The average molecular weight is 340 g/mol. The molecule has 0 radical (unpaired) electrons. The van der Waals surface area contributed by atoms with E-state index in [1.165, 1.54) is 43.4 Å². The van der Waals surface area contributed by atoms with Crippen LogP contribution in [0.5, 0.6) is 0 Å². The fraction of sp³-hybridized carbons (Fsp3) is 0.706. The van der Waals surface area contributed by atoms with Crippen LogP contribution in [0.4, 0.5) is 0 Å². The first-order valence-corrected chi connectivity index (χ1v) is 9.05. The summed E-state index contributed by atoms with van der Waals surface area (Å²) in [5.41, 5.74) is 3.10. The van der Waals surface area contributed by atoms with Crippen LogP contribution < -0.4 is 5.56 Å². The Morgan fingerprint density at radius 1 is 1.20 bits per heavy atom. The van der Waals surface area contributed by atoms with E-state index in [1.54, 1.807) is 6.07 Å². The van der Waals surface area contributed by atoms with E-state index in [0.29, 0.717) is 0 Å². The molecule has 1 aromatic rings. The lowest BCUT2D eigenvalue weighted by Gasteiger charge is -2.33. The summed E-state index contributed by atoms with van der Waals surface area (Å²) in [5, 5.41) is 0.984. The fourth-order valence-corrected chi connectivity index (χ4v) is 4.40. The minimum atomic E-state index is 0.184. The molecule has 0 N–H and O–H groups in total. The summed E-state index contributed by atoms with van der Waals surface area (Å²) >= 11 is 3.72.